The van der Waals surface area contributed by atoms with Crippen molar-refractivity contribution in [3.05, 3.63) is 52.8 Å². The summed E-state index contributed by atoms with van der Waals surface area (Å²) < 4.78 is 8.23. The van der Waals surface area contributed by atoms with E-state index in [0.717, 1.165) is 27.1 Å². The van der Waals surface area contributed by atoms with Crippen LogP contribution in [0.4, 0.5) is 0 Å². The Labute approximate surface area is 120 Å². The van der Waals surface area contributed by atoms with Crippen molar-refractivity contribution in [1.29, 1.82) is 0 Å². The average molecular weight is 317 g/mol. The molecule has 1 aromatic carbocycles. The molecule has 3 nitrogen and oxygen atoms in total. The van der Waals surface area contributed by atoms with Crippen molar-refractivity contribution in [3.8, 4) is 17.0 Å². The van der Waals surface area contributed by atoms with Crippen molar-refractivity contribution >= 4 is 21.6 Å². The lowest BCUT2D eigenvalue weighted by atomic mass is 10.1. The highest BCUT2D eigenvalue weighted by molar-refractivity contribution is 9.10. The molecule has 4 heteroatoms. The monoisotopic (exact) mass is 316 g/mol. The molecule has 0 N–H and O–H groups in total. The van der Waals surface area contributed by atoms with Gasteiger partial charge >= 0.3 is 0 Å². The number of nitrogens with zero attached hydrogens (tertiary/aromatic N) is 2. The molecule has 0 saturated heterocycles. The van der Waals surface area contributed by atoms with Crippen molar-refractivity contribution in [2.24, 2.45) is 0 Å². The van der Waals surface area contributed by atoms with Crippen molar-refractivity contribution in [2.45, 2.75) is 6.92 Å². The van der Waals surface area contributed by atoms with E-state index >= 15 is 0 Å². The average Bonchev–Trinajstić information content (AvgIpc) is 2.83. The standard InChI is InChI=1S/C15H13BrN2O/c1-10-4-3-7-18-9-14(17-15(10)18)12-6-5-11(19-2)8-13(12)16/h3-9H,1-2H3. The summed E-state index contributed by atoms with van der Waals surface area (Å²) in [7, 11) is 1.66. The van der Waals surface area contributed by atoms with Gasteiger partial charge in [-0.1, -0.05) is 6.07 Å². The molecule has 0 unspecified atom stereocenters. The summed E-state index contributed by atoms with van der Waals surface area (Å²) in [6, 6.07) is 10.00. The minimum absolute atomic E-state index is 0.829. The van der Waals surface area contributed by atoms with Gasteiger partial charge in [0.1, 0.15) is 11.4 Å². The zero-order valence-electron chi connectivity index (χ0n) is 10.7. The van der Waals surface area contributed by atoms with Gasteiger partial charge in [-0.25, -0.2) is 4.98 Å². The fraction of sp³-hybridized carbons (Fsp3) is 0.133. The fourth-order valence-corrected chi connectivity index (χ4v) is 2.67. The molecule has 0 aliphatic heterocycles. The first kappa shape index (κ1) is 12.2. The Kier molecular flexibility index (Phi) is 3.03. The zero-order valence-corrected chi connectivity index (χ0v) is 12.3. The quantitative estimate of drug-likeness (QED) is 0.712. The summed E-state index contributed by atoms with van der Waals surface area (Å²) in [4.78, 5) is 4.69. The van der Waals surface area contributed by atoms with Crippen LogP contribution < -0.4 is 4.74 Å². The molecule has 0 spiro atoms. The van der Waals surface area contributed by atoms with E-state index in [1.165, 1.54) is 5.56 Å². The maximum Gasteiger partial charge on any atom is 0.140 e. The molecule has 96 valence electrons. The van der Waals surface area contributed by atoms with Gasteiger partial charge in [-0.2, -0.15) is 0 Å². The lowest BCUT2D eigenvalue weighted by molar-refractivity contribution is 0.414. The SMILES string of the molecule is COc1ccc(-c2cn3cccc(C)c3n2)c(Br)c1. The molecule has 0 amide bonds. The molecular formula is C15H13BrN2O. The van der Waals surface area contributed by atoms with Crippen LogP contribution in [-0.2, 0) is 0 Å². The van der Waals surface area contributed by atoms with E-state index in [9.17, 15) is 0 Å². The number of halogens is 1. The van der Waals surface area contributed by atoms with Crippen LogP contribution in [0.5, 0.6) is 5.75 Å². The van der Waals surface area contributed by atoms with Gasteiger partial charge in [-0.3, -0.25) is 0 Å². The number of methoxy groups -OCH3 is 1. The molecule has 3 rings (SSSR count). The number of hydrogen-bond acceptors (Lipinski definition) is 2. The first-order chi connectivity index (χ1) is 9.19. The van der Waals surface area contributed by atoms with Crippen molar-refractivity contribution in [1.82, 2.24) is 9.38 Å². The van der Waals surface area contributed by atoms with Gasteiger partial charge in [-0.15, -0.1) is 0 Å². The number of aromatic nitrogens is 2. The van der Waals surface area contributed by atoms with Crippen LogP contribution >= 0.6 is 15.9 Å². The highest BCUT2D eigenvalue weighted by Crippen LogP contribution is 2.31. The number of aryl methyl sites for hydroxylation is 1. The second kappa shape index (κ2) is 4.70. The summed E-state index contributed by atoms with van der Waals surface area (Å²) in [5.74, 6) is 0.829. The molecule has 0 fully saturated rings. The number of ether oxygens (including phenoxy) is 1. The summed E-state index contributed by atoms with van der Waals surface area (Å²) in [6.07, 6.45) is 4.05. The normalized spacial score (nSPS) is 10.9. The third-order valence-electron chi connectivity index (χ3n) is 3.13. The predicted molar refractivity (Wildman–Crippen MR) is 79.6 cm³/mol. The molecule has 2 aromatic heterocycles. The largest absolute Gasteiger partial charge is 0.497 e. The van der Waals surface area contributed by atoms with Crippen LogP contribution in [0.1, 0.15) is 5.56 Å². The Morgan fingerprint density at radius 1 is 1.26 bits per heavy atom. The lowest BCUT2D eigenvalue weighted by Gasteiger charge is -2.04. The van der Waals surface area contributed by atoms with E-state index in [1.54, 1.807) is 7.11 Å². The minimum atomic E-state index is 0.829. The number of imidazole rings is 1. The molecule has 0 atom stereocenters. The molecule has 0 bridgehead atoms. The zero-order chi connectivity index (χ0) is 13.4. The lowest BCUT2D eigenvalue weighted by Crippen LogP contribution is -1.85. The number of hydrogen-bond donors (Lipinski definition) is 0. The van der Waals surface area contributed by atoms with E-state index in [-0.39, 0.29) is 0 Å². The van der Waals surface area contributed by atoms with Gasteiger partial charge in [0.05, 0.1) is 12.8 Å². The molecule has 0 radical (unpaired) electrons. The predicted octanol–water partition coefficient (Wildman–Crippen LogP) is 4.08. The van der Waals surface area contributed by atoms with Crippen LogP contribution in [0.3, 0.4) is 0 Å². The Balaban J connectivity index is 2.16. The van der Waals surface area contributed by atoms with Gasteiger partial charge in [0.25, 0.3) is 0 Å². The number of pyridine rings is 1. The number of rotatable bonds is 2. The third kappa shape index (κ3) is 2.12. The number of benzene rings is 1. The van der Waals surface area contributed by atoms with Crippen LogP contribution in [0.25, 0.3) is 16.9 Å². The summed E-state index contributed by atoms with van der Waals surface area (Å²) >= 11 is 3.57. The summed E-state index contributed by atoms with van der Waals surface area (Å²) in [5.41, 5.74) is 4.16. The summed E-state index contributed by atoms with van der Waals surface area (Å²) in [6.45, 7) is 2.06. The van der Waals surface area contributed by atoms with Crippen molar-refractivity contribution in [3.63, 3.8) is 0 Å². The van der Waals surface area contributed by atoms with Crippen molar-refractivity contribution in [2.75, 3.05) is 7.11 Å². The molecule has 2 heterocycles. The molecule has 0 aliphatic rings. The van der Waals surface area contributed by atoms with Crippen LogP contribution in [0.2, 0.25) is 0 Å². The second-order valence-corrected chi connectivity index (χ2v) is 5.25. The van der Waals surface area contributed by atoms with Crippen LogP contribution in [0, 0.1) is 6.92 Å². The first-order valence-electron chi connectivity index (χ1n) is 5.97. The Morgan fingerprint density at radius 3 is 2.79 bits per heavy atom. The van der Waals surface area contributed by atoms with E-state index < -0.39 is 0 Å². The van der Waals surface area contributed by atoms with Crippen LogP contribution in [0.15, 0.2) is 47.2 Å². The Morgan fingerprint density at radius 2 is 2.11 bits per heavy atom. The van der Waals surface area contributed by atoms with Crippen molar-refractivity contribution < 1.29 is 4.74 Å². The number of fused-ring (bicyclic) bond motifs is 1. The highest BCUT2D eigenvalue weighted by Gasteiger charge is 2.09. The van der Waals surface area contributed by atoms with Gasteiger partial charge in [0.15, 0.2) is 0 Å². The molecule has 19 heavy (non-hydrogen) atoms. The van der Waals surface area contributed by atoms with Crippen LogP contribution in [-0.4, -0.2) is 16.5 Å². The first-order valence-corrected chi connectivity index (χ1v) is 6.76. The molecule has 0 aliphatic carbocycles. The topological polar surface area (TPSA) is 26.5 Å². The van der Waals surface area contributed by atoms with E-state index in [2.05, 4.69) is 28.9 Å². The van der Waals surface area contributed by atoms with Gasteiger partial charge in [0, 0.05) is 22.4 Å². The third-order valence-corrected chi connectivity index (χ3v) is 3.79. The van der Waals surface area contributed by atoms with Gasteiger partial charge in [-0.05, 0) is 52.7 Å². The fourth-order valence-electron chi connectivity index (χ4n) is 2.11. The maximum atomic E-state index is 5.21. The van der Waals surface area contributed by atoms with E-state index in [0.29, 0.717) is 0 Å². The van der Waals surface area contributed by atoms with Gasteiger partial charge < -0.3 is 9.14 Å². The van der Waals surface area contributed by atoms with E-state index in [1.807, 2.05) is 41.1 Å². The maximum absolute atomic E-state index is 5.21. The smallest absolute Gasteiger partial charge is 0.140 e. The minimum Gasteiger partial charge on any atom is -0.497 e. The molecular weight excluding hydrogens is 304 g/mol. The Bertz CT molecular complexity index is 749. The second-order valence-electron chi connectivity index (χ2n) is 4.39. The van der Waals surface area contributed by atoms with Gasteiger partial charge in [0.2, 0.25) is 0 Å². The Hall–Kier alpha value is -1.81. The molecule has 0 saturated carbocycles. The van der Waals surface area contributed by atoms with E-state index in [4.69, 9.17) is 9.72 Å². The highest BCUT2D eigenvalue weighted by atomic mass is 79.9. The molecule has 3 aromatic rings. The summed E-state index contributed by atoms with van der Waals surface area (Å²) in [5, 5.41) is 0.